The van der Waals surface area contributed by atoms with E-state index in [0.29, 0.717) is 19.0 Å². The summed E-state index contributed by atoms with van der Waals surface area (Å²) in [6, 6.07) is 11.1. The molecule has 3 rings (SSSR count). The third-order valence-electron chi connectivity index (χ3n) is 4.45. The molecule has 122 valence electrons. The Morgan fingerprint density at radius 2 is 2.22 bits per heavy atom. The number of benzene rings is 1. The molecule has 0 spiro atoms. The highest BCUT2D eigenvalue weighted by Crippen LogP contribution is 2.24. The third kappa shape index (κ3) is 4.16. The highest BCUT2D eigenvalue weighted by molar-refractivity contribution is 5.76. The van der Waals surface area contributed by atoms with Crippen LogP contribution < -0.4 is 5.32 Å². The SMILES string of the molecule is C[C@@H](c1ccccc1)N1CC[C@H](NC(=O)CCn2ccnn2)C1. The van der Waals surface area contributed by atoms with Gasteiger partial charge in [-0.1, -0.05) is 35.5 Å². The minimum absolute atomic E-state index is 0.0831. The van der Waals surface area contributed by atoms with E-state index in [1.54, 1.807) is 17.1 Å². The second-order valence-electron chi connectivity index (χ2n) is 6.05. The van der Waals surface area contributed by atoms with E-state index in [2.05, 4.69) is 51.7 Å². The molecule has 1 N–H and O–H groups in total. The number of nitrogens with one attached hydrogen (secondary N) is 1. The zero-order valence-corrected chi connectivity index (χ0v) is 13.4. The molecule has 0 unspecified atom stereocenters. The van der Waals surface area contributed by atoms with E-state index in [4.69, 9.17) is 0 Å². The summed E-state index contributed by atoms with van der Waals surface area (Å²) >= 11 is 0. The standard InChI is InChI=1S/C17H23N5O/c1-14(15-5-3-2-4-6-15)21-10-7-16(13-21)19-17(23)8-11-22-12-9-18-20-22/h2-6,9,12,14,16H,7-8,10-11,13H2,1H3,(H,19,23)/t14-,16-/m0/s1. The average molecular weight is 313 g/mol. The largest absolute Gasteiger partial charge is 0.352 e. The van der Waals surface area contributed by atoms with E-state index in [1.165, 1.54) is 5.56 Å². The van der Waals surface area contributed by atoms with Gasteiger partial charge in [0, 0.05) is 37.8 Å². The molecule has 6 nitrogen and oxygen atoms in total. The van der Waals surface area contributed by atoms with E-state index in [0.717, 1.165) is 19.5 Å². The Morgan fingerprint density at radius 3 is 2.96 bits per heavy atom. The molecule has 1 fully saturated rings. The number of nitrogens with zero attached hydrogens (tertiary/aromatic N) is 4. The molecule has 2 heterocycles. The molecule has 0 aliphatic carbocycles. The summed E-state index contributed by atoms with van der Waals surface area (Å²) in [5.41, 5.74) is 1.32. The van der Waals surface area contributed by atoms with E-state index in [9.17, 15) is 4.79 Å². The fourth-order valence-corrected chi connectivity index (χ4v) is 3.07. The lowest BCUT2D eigenvalue weighted by molar-refractivity contribution is -0.122. The van der Waals surface area contributed by atoms with Crippen LogP contribution in [0.5, 0.6) is 0 Å². The second-order valence-corrected chi connectivity index (χ2v) is 6.05. The highest BCUT2D eigenvalue weighted by atomic mass is 16.1. The van der Waals surface area contributed by atoms with Crippen LogP contribution in [0.4, 0.5) is 0 Å². The molecule has 1 aromatic carbocycles. The maximum absolute atomic E-state index is 12.0. The van der Waals surface area contributed by atoms with Crippen molar-refractivity contribution in [3.63, 3.8) is 0 Å². The molecule has 1 aliphatic rings. The number of carbonyl (C=O) groups excluding carboxylic acids is 1. The van der Waals surface area contributed by atoms with Crippen LogP contribution in [0.1, 0.15) is 31.4 Å². The van der Waals surface area contributed by atoms with Gasteiger partial charge in [-0.15, -0.1) is 5.10 Å². The fourth-order valence-electron chi connectivity index (χ4n) is 3.07. The monoisotopic (exact) mass is 313 g/mol. The molecule has 0 radical (unpaired) electrons. The number of rotatable bonds is 6. The molecular weight excluding hydrogens is 290 g/mol. The number of aryl methyl sites for hydroxylation is 1. The normalized spacial score (nSPS) is 19.6. The fraction of sp³-hybridized carbons (Fsp3) is 0.471. The number of hydrogen-bond donors (Lipinski definition) is 1. The van der Waals surface area contributed by atoms with Gasteiger partial charge in [0.15, 0.2) is 0 Å². The first-order chi connectivity index (χ1) is 11.2. The van der Waals surface area contributed by atoms with Gasteiger partial charge in [0.2, 0.25) is 5.91 Å². The van der Waals surface area contributed by atoms with E-state index >= 15 is 0 Å². The van der Waals surface area contributed by atoms with Crippen molar-refractivity contribution < 1.29 is 4.79 Å². The van der Waals surface area contributed by atoms with Gasteiger partial charge in [0.05, 0.1) is 12.7 Å². The lowest BCUT2D eigenvalue weighted by atomic mass is 10.1. The number of hydrogen-bond acceptors (Lipinski definition) is 4. The molecule has 23 heavy (non-hydrogen) atoms. The van der Waals surface area contributed by atoms with Crippen molar-refractivity contribution in [1.29, 1.82) is 0 Å². The Hall–Kier alpha value is -2.21. The van der Waals surface area contributed by atoms with Crippen LogP contribution in [-0.2, 0) is 11.3 Å². The summed E-state index contributed by atoms with van der Waals surface area (Å²) in [7, 11) is 0. The summed E-state index contributed by atoms with van der Waals surface area (Å²) in [6.45, 7) is 4.72. The number of amides is 1. The first kappa shape index (κ1) is 15.7. The summed E-state index contributed by atoms with van der Waals surface area (Å²) in [6.07, 6.45) is 4.84. The molecule has 6 heteroatoms. The minimum atomic E-state index is 0.0831. The van der Waals surface area contributed by atoms with Crippen LogP contribution in [0.15, 0.2) is 42.7 Å². The molecule has 2 atom stereocenters. The lowest BCUT2D eigenvalue weighted by Crippen LogP contribution is -2.37. The molecule has 2 aromatic rings. The van der Waals surface area contributed by atoms with Gasteiger partial charge in [-0.2, -0.15) is 0 Å². The van der Waals surface area contributed by atoms with Crippen LogP contribution in [0.3, 0.4) is 0 Å². The molecule has 0 saturated carbocycles. The van der Waals surface area contributed by atoms with Crippen LogP contribution in [-0.4, -0.2) is 44.9 Å². The molecule has 1 aliphatic heterocycles. The minimum Gasteiger partial charge on any atom is -0.352 e. The molecule has 1 amide bonds. The van der Waals surface area contributed by atoms with Gasteiger partial charge in [-0.3, -0.25) is 14.4 Å². The van der Waals surface area contributed by atoms with Crippen molar-refractivity contribution in [2.24, 2.45) is 0 Å². The van der Waals surface area contributed by atoms with Gasteiger partial charge >= 0.3 is 0 Å². The van der Waals surface area contributed by atoms with Gasteiger partial charge < -0.3 is 5.32 Å². The lowest BCUT2D eigenvalue weighted by Gasteiger charge is -2.24. The summed E-state index contributed by atoms with van der Waals surface area (Å²) in [5.74, 6) is 0.0831. The second kappa shape index (κ2) is 7.37. The smallest absolute Gasteiger partial charge is 0.222 e. The van der Waals surface area contributed by atoms with Crippen molar-refractivity contribution in [2.45, 2.75) is 38.4 Å². The van der Waals surface area contributed by atoms with Crippen molar-refractivity contribution in [2.75, 3.05) is 13.1 Å². The van der Waals surface area contributed by atoms with E-state index in [1.807, 2.05) is 6.07 Å². The number of aromatic nitrogens is 3. The van der Waals surface area contributed by atoms with Crippen LogP contribution in [0.2, 0.25) is 0 Å². The van der Waals surface area contributed by atoms with Gasteiger partial charge in [0.1, 0.15) is 0 Å². The first-order valence-corrected chi connectivity index (χ1v) is 8.15. The summed E-state index contributed by atoms with van der Waals surface area (Å²) < 4.78 is 1.68. The van der Waals surface area contributed by atoms with E-state index in [-0.39, 0.29) is 11.9 Å². The van der Waals surface area contributed by atoms with Crippen LogP contribution in [0.25, 0.3) is 0 Å². The predicted octanol–water partition coefficient (Wildman–Crippen LogP) is 1.62. The Bertz CT molecular complexity index is 613. The van der Waals surface area contributed by atoms with Gasteiger partial charge in [0.25, 0.3) is 0 Å². The first-order valence-electron chi connectivity index (χ1n) is 8.15. The molecule has 1 aromatic heterocycles. The Labute approximate surface area is 136 Å². The van der Waals surface area contributed by atoms with Crippen molar-refractivity contribution in [1.82, 2.24) is 25.2 Å². The number of carbonyl (C=O) groups is 1. The van der Waals surface area contributed by atoms with Crippen molar-refractivity contribution >= 4 is 5.91 Å². The Balaban J connectivity index is 1.45. The topological polar surface area (TPSA) is 63.1 Å². The maximum atomic E-state index is 12.0. The van der Waals surface area contributed by atoms with Crippen LogP contribution >= 0.6 is 0 Å². The zero-order chi connectivity index (χ0) is 16.1. The Morgan fingerprint density at radius 1 is 1.39 bits per heavy atom. The Kier molecular flexibility index (Phi) is 5.02. The predicted molar refractivity (Wildman–Crippen MR) is 87.6 cm³/mol. The zero-order valence-electron chi connectivity index (χ0n) is 13.4. The molecule has 1 saturated heterocycles. The summed E-state index contributed by atoms with van der Waals surface area (Å²) in [4.78, 5) is 14.5. The quantitative estimate of drug-likeness (QED) is 0.880. The van der Waals surface area contributed by atoms with Crippen LogP contribution in [0, 0.1) is 0 Å². The summed E-state index contributed by atoms with van der Waals surface area (Å²) in [5, 5.41) is 10.7. The van der Waals surface area contributed by atoms with Crippen molar-refractivity contribution in [3.8, 4) is 0 Å². The van der Waals surface area contributed by atoms with Gasteiger partial charge in [-0.25, -0.2) is 0 Å². The molecular formula is C17H23N5O. The highest BCUT2D eigenvalue weighted by Gasteiger charge is 2.27. The van der Waals surface area contributed by atoms with E-state index < -0.39 is 0 Å². The third-order valence-corrected chi connectivity index (χ3v) is 4.45. The average Bonchev–Trinajstić information content (AvgIpc) is 3.25. The number of likely N-dealkylation sites (tertiary alicyclic amines) is 1. The van der Waals surface area contributed by atoms with Gasteiger partial charge in [-0.05, 0) is 18.9 Å². The van der Waals surface area contributed by atoms with Crippen molar-refractivity contribution in [3.05, 3.63) is 48.3 Å². The molecule has 0 bridgehead atoms. The maximum Gasteiger partial charge on any atom is 0.222 e.